The summed E-state index contributed by atoms with van der Waals surface area (Å²) in [6.45, 7) is 3.70. The SMILES string of the molecule is CCCN(CC1CC1)C(=O)CC(NC(N)=O)c1cccs1. The Morgan fingerprint density at radius 3 is 2.81 bits per heavy atom. The number of nitrogens with one attached hydrogen (secondary N) is 1. The molecule has 0 spiro atoms. The van der Waals surface area contributed by atoms with Gasteiger partial charge in [0, 0.05) is 18.0 Å². The minimum absolute atomic E-state index is 0.0934. The third-order valence-electron chi connectivity index (χ3n) is 3.60. The van der Waals surface area contributed by atoms with Crippen LogP contribution in [0.3, 0.4) is 0 Å². The standard InChI is InChI=1S/C15H23N3O2S/c1-2-7-18(10-11-5-6-11)14(19)9-12(17-15(16)20)13-4-3-8-21-13/h3-4,8,11-12H,2,5-7,9-10H2,1H3,(H3,16,17,20). The summed E-state index contributed by atoms with van der Waals surface area (Å²) >= 11 is 1.53. The Balaban J connectivity index is 1.99. The lowest BCUT2D eigenvalue weighted by atomic mass is 10.1. The van der Waals surface area contributed by atoms with Crippen molar-refractivity contribution in [3.63, 3.8) is 0 Å². The van der Waals surface area contributed by atoms with E-state index in [4.69, 9.17) is 5.73 Å². The Labute approximate surface area is 129 Å². The summed E-state index contributed by atoms with van der Waals surface area (Å²) in [6, 6.07) is 2.91. The van der Waals surface area contributed by atoms with Crippen molar-refractivity contribution >= 4 is 23.3 Å². The molecule has 1 atom stereocenters. The van der Waals surface area contributed by atoms with Crippen molar-refractivity contribution < 1.29 is 9.59 Å². The van der Waals surface area contributed by atoms with Crippen LogP contribution in [0.2, 0.25) is 0 Å². The second-order valence-corrected chi connectivity index (χ2v) is 6.54. The lowest BCUT2D eigenvalue weighted by Gasteiger charge is -2.25. The fraction of sp³-hybridized carbons (Fsp3) is 0.600. The normalized spacial score (nSPS) is 15.5. The Hall–Kier alpha value is -1.56. The van der Waals surface area contributed by atoms with Crippen molar-refractivity contribution in [3.05, 3.63) is 22.4 Å². The van der Waals surface area contributed by atoms with Crippen LogP contribution in [0.5, 0.6) is 0 Å². The zero-order chi connectivity index (χ0) is 15.2. The van der Waals surface area contributed by atoms with Crippen LogP contribution in [0, 0.1) is 5.92 Å². The van der Waals surface area contributed by atoms with Crippen molar-refractivity contribution in [2.45, 2.75) is 38.6 Å². The van der Waals surface area contributed by atoms with E-state index in [1.165, 1.54) is 24.2 Å². The number of nitrogens with two attached hydrogens (primary N) is 1. The molecule has 1 aliphatic carbocycles. The topological polar surface area (TPSA) is 75.4 Å². The van der Waals surface area contributed by atoms with Crippen molar-refractivity contribution in [3.8, 4) is 0 Å². The predicted molar refractivity (Wildman–Crippen MR) is 84.0 cm³/mol. The summed E-state index contributed by atoms with van der Waals surface area (Å²) < 4.78 is 0. The number of amides is 3. The summed E-state index contributed by atoms with van der Waals surface area (Å²) in [5.74, 6) is 0.765. The van der Waals surface area contributed by atoms with Crippen LogP contribution >= 0.6 is 11.3 Å². The molecule has 2 rings (SSSR count). The summed E-state index contributed by atoms with van der Waals surface area (Å²) in [5.41, 5.74) is 5.23. The van der Waals surface area contributed by atoms with E-state index < -0.39 is 6.03 Å². The van der Waals surface area contributed by atoms with E-state index in [1.807, 2.05) is 22.4 Å². The average Bonchev–Trinajstić information content (AvgIpc) is 3.07. The molecule has 0 saturated heterocycles. The number of rotatable bonds is 8. The van der Waals surface area contributed by atoms with Crippen LogP contribution in [0.4, 0.5) is 4.79 Å². The second-order valence-electron chi connectivity index (χ2n) is 5.56. The molecule has 1 heterocycles. The molecule has 0 bridgehead atoms. The molecule has 5 nitrogen and oxygen atoms in total. The summed E-state index contributed by atoms with van der Waals surface area (Å²) in [6.07, 6.45) is 3.67. The van der Waals surface area contributed by atoms with Crippen LogP contribution in [-0.4, -0.2) is 29.9 Å². The zero-order valence-corrected chi connectivity index (χ0v) is 13.2. The third kappa shape index (κ3) is 5.04. The molecule has 6 heteroatoms. The highest BCUT2D eigenvalue weighted by Crippen LogP contribution is 2.30. The van der Waals surface area contributed by atoms with Gasteiger partial charge in [0.2, 0.25) is 5.91 Å². The van der Waals surface area contributed by atoms with Crippen LogP contribution in [0.15, 0.2) is 17.5 Å². The van der Waals surface area contributed by atoms with Gasteiger partial charge in [0.05, 0.1) is 12.5 Å². The van der Waals surface area contributed by atoms with Crippen LogP contribution in [0.25, 0.3) is 0 Å². The summed E-state index contributed by atoms with van der Waals surface area (Å²) in [7, 11) is 0. The average molecular weight is 309 g/mol. The van der Waals surface area contributed by atoms with E-state index in [2.05, 4.69) is 12.2 Å². The fourth-order valence-electron chi connectivity index (χ4n) is 2.39. The van der Waals surface area contributed by atoms with E-state index in [0.717, 1.165) is 24.4 Å². The molecule has 0 aromatic carbocycles. The van der Waals surface area contributed by atoms with E-state index in [0.29, 0.717) is 5.92 Å². The number of nitrogens with zero attached hydrogens (tertiary/aromatic N) is 1. The Bertz CT molecular complexity index is 471. The van der Waals surface area contributed by atoms with Gasteiger partial charge in [-0.15, -0.1) is 11.3 Å². The maximum Gasteiger partial charge on any atom is 0.312 e. The molecule has 1 fully saturated rings. The lowest BCUT2D eigenvalue weighted by Crippen LogP contribution is -2.39. The number of hydrogen-bond donors (Lipinski definition) is 2. The van der Waals surface area contributed by atoms with Crippen LogP contribution < -0.4 is 11.1 Å². The highest BCUT2D eigenvalue weighted by Gasteiger charge is 2.28. The number of urea groups is 1. The number of hydrogen-bond acceptors (Lipinski definition) is 3. The molecule has 3 N–H and O–H groups in total. The number of primary amides is 1. The van der Waals surface area contributed by atoms with Gasteiger partial charge in [0.25, 0.3) is 0 Å². The van der Waals surface area contributed by atoms with Gasteiger partial charge in [0.15, 0.2) is 0 Å². The molecular weight excluding hydrogens is 286 g/mol. The molecule has 0 aliphatic heterocycles. The molecular formula is C15H23N3O2S. The largest absolute Gasteiger partial charge is 0.352 e. The van der Waals surface area contributed by atoms with E-state index in [-0.39, 0.29) is 18.4 Å². The molecule has 21 heavy (non-hydrogen) atoms. The van der Waals surface area contributed by atoms with Crippen molar-refractivity contribution in [1.29, 1.82) is 0 Å². The first kappa shape index (κ1) is 15.8. The molecule has 1 aliphatic rings. The van der Waals surface area contributed by atoms with E-state index in [9.17, 15) is 9.59 Å². The Morgan fingerprint density at radius 2 is 2.29 bits per heavy atom. The van der Waals surface area contributed by atoms with Crippen LogP contribution in [-0.2, 0) is 4.79 Å². The Morgan fingerprint density at radius 1 is 1.52 bits per heavy atom. The first-order valence-corrected chi connectivity index (χ1v) is 8.35. The minimum Gasteiger partial charge on any atom is -0.352 e. The van der Waals surface area contributed by atoms with E-state index in [1.54, 1.807) is 0 Å². The Kier molecular flexibility index (Phi) is 5.61. The molecule has 1 aromatic heterocycles. The fourth-order valence-corrected chi connectivity index (χ4v) is 3.17. The van der Waals surface area contributed by atoms with Gasteiger partial charge in [-0.2, -0.15) is 0 Å². The zero-order valence-electron chi connectivity index (χ0n) is 12.4. The molecule has 116 valence electrons. The minimum atomic E-state index is -0.592. The van der Waals surface area contributed by atoms with Crippen LogP contribution in [0.1, 0.15) is 43.5 Å². The van der Waals surface area contributed by atoms with Gasteiger partial charge in [-0.3, -0.25) is 4.79 Å². The van der Waals surface area contributed by atoms with Gasteiger partial charge in [-0.1, -0.05) is 13.0 Å². The van der Waals surface area contributed by atoms with Crippen molar-refractivity contribution in [2.75, 3.05) is 13.1 Å². The van der Waals surface area contributed by atoms with Crippen molar-refractivity contribution in [1.82, 2.24) is 10.2 Å². The summed E-state index contributed by atoms with van der Waals surface area (Å²) in [4.78, 5) is 26.6. The van der Waals surface area contributed by atoms with Gasteiger partial charge in [-0.25, -0.2) is 4.79 Å². The van der Waals surface area contributed by atoms with Crippen molar-refractivity contribution in [2.24, 2.45) is 11.7 Å². The monoisotopic (exact) mass is 309 g/mol. The lowest BCUT2D eigenvalue weighted by molar-refractivity contribution is -0.132. The van der Waals surface area contributed by atoms with Gasteiger partial charge >= 0.3 is 6.03 Å². The molecule has 1 aromatic rings. The summed E-state index contributed by atoms with van der Waals surface area (Å²) in [5, 5.41) is 4.61. The maximum absolute atomic E-state index is 12.5. The van der Waals surface area contributed by atoms with Gasteiger partial charge in [0.1, 0.15) is 0 Å². The molecule has 1 saturated carbocycles. The molecule has 0 radical (unpaired) electrons. The predicted octanol–water partition coefficient (Wildman–Crippen LogP) is 2.50. The molecule has 3 amide bonds. The number of thiophene rings is 1. The molecule has 1 unspecified atom stereocenters. The highest BCUT2D eigenvalue weighted by molar-refractivity contribution is 7.10. The first-order valence-electron chi connectivity index (χ1n) is 7.47. The smallest absolute Gasteiger partial charge is 0.312 e. The quantitative estimate of drug-likeness (QED) is 0.774. The van der Waals surface area contributed by atoms with Gasteiger partial charge in [-0.05, 0) is 36.6 Å². The van der Waals surface area contributed by atoms with E-state index >= 15 is 0 Å². The second kappa shape index (κ2) is 7.45. The van der Waals surface area contributed by atoms with Gasteiger partial charge < -0.3 is 16.0 Å². The number of carbonyl (C=O) groups is 2. The maximum atomic E-state index is 12.5. The first-order chi connectivity index (χ1) is 10.1. The number of carbonyl (C=O) groups excluding carboxylic acids is 2. The third-order valence-corrected chi connectivity index (χ3v) is 4.59. The highest BCUT2D eigenvalue weighted by atomic mass is 32.1.